The highest BCUT2D eigenvalue weighted by atomic mass is 16.2. The average molecular weight is 263 g/mol. The summed E-state index contributed by atoms with van der Waals surface area (Å²) in [5, 5.41) is 2.96. The van der Waals surface area contributed by atoms with Crippen molar-refractivity contribution in [2.45, 2.75) is 18.9 Å². The Bertz CT molecular complexity index is 612. The van der Waals surface area contributed by atoms with Crippen molar-refractivity contribution in [1.82, 2.24) is 5.32 Å². The number of nitrogens with one attached hydrogen (secondary N) is 1. The van der Waals surface area contributed by atoms with Crippen LogP contribution >= 0.6 is 0 Å². The Kier molecular flexibility index (Phi) is 3.38. The molecule has 2 aromatic rings. The first kappa shape index (κ1) is 12.7. The SMILES string of the molecule is C=C1C[C@@H](Cc2ccc(-c3ccccc3)cc2)NC1=O. The molecule has 0 aromatic heterocycles. The van der Waals surface area contributed by atoms with Crippen LogP contribution in [0, 0.1) is 0 Å². The van der Waals surface area contributed by atoms with E-state index in [1.54, 1.807) is 0 Å². The van der Waals surface area contributed by atoms with Crippen LogP contribution in [-0.4, -0.2) is 11.9 Å². The molecular formula is C18H17NO. The highest BCUT2D eigenvalue weighted by Crippen LogP contribution is 2.21. The largest absolute Gasteiger partial charge is 0.349 e. The second kappa shape index (κ2) is 5.33. The summed E-state index contributed by atoms with van der Waals surface area (Å²) in [7, 11) is 0. The monoisotopic (exact) mass is 263 g/mol. The number of carbonyl (C=O) groups is 1. The van der Waals surface area contributed by atoms with Crippen LogP contribution in [-0.2, 0) is 11.2 Å². The molecule has 2 nitrogen and oxygen atoms in total. The van der Waals surface area contributed by atoms with Gasteiger partial charge in [-0.25, -0.2) is 0 Å². The van der Waals surface area contributed by atoms with E-state index in [4.69, 9.17) is 0 Å². The molecule has 3 rings (SSSR count). The van der Waals surface area contributed by atoms with Gasteiger partial charge in [0.15, 0.2) is 0 Å². The Hall–Kier alpha value is -2.35. The molecule has 0 aliphatic carbocycles. The van der Waals surface area contributed by atoms with Crippen LogP contribution in [0.15, 0.2) is 66.7 Å². The minimum absolute atomic E-state index is 0.00379. The van der Waals surface area contributed by atoms with Crippen LogP contribution < -0.4 is 5.32 Å². The smallest absolute Gasteiger partial charge is 0.246 e. The molecule has 2 aromatic carbocycles. The van der Waals surface area contributed by atoms with E-state index in [9.17, 15) is 4.79 Å². The summed E-state index contributed by atoms with van der Waals surface area (Å²) < 4.78 is 0. The van der Waals surface area contributed by atoms with Gasteiger partial charge in [-0.1, -0.05) is 61.2 Å². The van der Waals surface area contributed by atoms with Gasteiger partial charge in [-0.2, -0.15) is 0 Å². The maximum Gasteiger partial charge on any atom is 0.246 e. The van der Waals surface area contributed by atoms with Crippen molar-refractivity contribution in [3.8, 4) is 11.1 Å². The molecule has 100 valence electrons. The molecule has 1 atom stereocenters. The summed E-state index contributed by atoms with van der Waals surface area (Å²) in [6.07, 6.45) is 1.61. The number of rotatable bonds is 3. The van der Waals surface area contributed by atoms with Gasteiger partial charge in [0.25, 0.3) is 0 Å². The molecule has 0 saturated carbocycles. The predicted octanol–water partition coefficient (Wildman–Crippen LogP) is 3.34. The van der Waals surface area contributed by atoms with Crippen LogP contribution in [0.1, 0.15) is 12.0 Å². The fraction of sp³-hybridized carbons (Fsp3) is 0.167. The van der Waals surface area contributed by atoms with Gasteiger partial charge >= 0.3 is 0 Å². The van der Waals surface area contributed by atoms with Gasteiger partial charge in [-0.3, -0.25) is 4.79 Å². The van der Waals surface area contributed by atoms with Gasteiger partial charge in [0.05, 0.1) is 0 Å². The molecule has 1 aliphatic heterocycles. The standard InChI is InChI=1S/C18H17NO/c1-13-11-17(19-18(13)20)12-14-7-9-16(10-8-14)15-5-3-2-4-6-15/h2-10,17H,1,11-12H2,(H,19,20)/t17-/m0/s1. The van der Waals surface area contributed by atoms with Crippen molar-refractivity contribution < 1.29 is 4.79 Å². The van der Waals surface area contributed by atoms with Crippen molar-refractivity contribution in [3.63, 3.8) is 0 Å². The second-order valence-electron chi connectivity index (χ2n) is 5.25. The van der Waals surface area contributed by atoms with Crippen LogP contribution in [0.3, 0.4) is 0 Å². The fourth-order valence-electron chi connectivity index (χ4n) is 2.60. The molecule has 1 aliphatic rings. The number of amides is 1. The molecule has 2 heteroatoms. The van der Waals surface area contributed by atoms with E-state index in [-0.39, 0.29) is 11.9 Å². The van der Waals surface area contributed by atoms with Gasteiger partial charge < -0.3 is 5.32 Å². The van der Waals surface area contributed by atoms with Gasteiger partial charge in [0.2, 0.25) is 5.91 Å². The van der Waals surface area contributed by atoms with Crippen LogP contribution in [0.25, 0.3) is 11.1 Å². The Balaban J connectivity index is 1.71. The third-order valence-corrected chi connectivity index (χ3v) is 3.69. The molecule has 20 heavy (non-hydrogen) atoms. The number of carbonyl (C=O) groups excluding carboxylic acids is 1. The van der Waals surface area contributed by atoms with E-state index >= 15 is 0 Å². The summed E-state index contributed by atoms with van der Waals surface area (Å²) in [5.41, 5.74) is 4.37. The zero-order chi connectivity index (χ0) is 13.9. The Morgan fingerprint density at radius 2 is 1.65 bits per heavy atom. The fourth-order valence-corrected chi connectivity index (χ4v) is 2.60. The lowest BCUT2D eigenvalue weighted by Gasteiger charge is -2.10. The van der Waals surface area contributed by atoms with Crippen LogP contribution in [0.4, 0.5) is 0 Å². The van der Waals surface area contributed by atoms with E-state index in [1.807, 2.05) is 18.2 Å². The molecular weight excluding hydrogens is 246 g/mol. The Morgan fingerprint density at radius 1 is 1.00 bits per heavy atom. The Morgan fingerprint density at radius 3 is 2.25 bits per heavy atom. The molecule has 1 fully saturated rings. The van der Waals surface area contributed by atoms with Gasteiger partial charge in [-0.15, -0.1) is 0 Å². The normalized spacial score (nSPS) is 18.1. The first-order chi connectivity index (χ1) is 9.72. The molecule has 1 amide bonds. The molecule has 0 radical (unpaired) electrons. The molecule has 1 N–H and O–H groups in total. The molecule has 1 heterocycles. The highest BCUT2D eigenvalue weighted by Gasteiger charge is 2.24. The van der Waals surface area contributed by atoms with Gasteiger partial charge in [0, 0.05) is 11.6 Å². The van der Waals surface area contributed by atoms with Crippen molar-refractivity contribution in [2.24, 2.45) is 0 Å². The lowest BCUT2D eigenvalue weighted by atomic mass is 10.00. The number of hydrogen-bond acceptors (Lipinski definition) is 1. The summed E-state index contributed by atoms with van der Waals surface area (Å²) in [6.45, 7) is 3.77. The first-order valence-electron chi connectivity index (χ1n) is 6.85. The number of hydrogen-bond donors (Lipinski definition) is 1. The Labute approximate surface area is 119 Å². The van der Waals surface area contributed by atoms with E-state index in [0.29, 0.717) is 5.57 Å². The summed E-state index contributed by atoms with van der Waals surface area (Å²) in [5.74, 6) is -0.00379. The highest BCUT2D eigenvalue weighted by molar-refractivity contribution is 5.95. The molecule has 0 bridgehead atoms. The first-order valence-corrected chi connectivity index (χ1v) is 6.85. The average Bonchev–Trinajstić information content (AvgIpc) is 2.79. The van der Waals surface area contributed by atoms with E-state index in [0.717, 1.165) is 12.8 Å². The minimum atomic E-state index is -0.00379. The maximum atomic E-state index is 11.4. The van der Waals surface area contributed by atoms with Crippen molar-refractivity contribution >= 4 is 5.91 Å². The van der Waals surface area contributed by atoms with Crippen molar-refractivity contribution in [3.05, 3.63) is 72.3 Å². The minimum Gasteiger partial charge on any atom is -0.349 e. The predicted molar refractivity (Wildman–Crippen MR) is 81.3 cm³/mol. The maximum absolute atomic E-state index is 11.4. The van der Waals surface area contributed by atoms with Gasteiger partial charge in [-0.05, 0) is 29.5 Å². The van der Waals surface area contributed by atoms with Crippen LogP contribution in [0.2, 0.25) is 0 Å². The second-order valence-corrected chi connectivity index (χ2v) is 5.25. The summed E-state index contributed by atoms with van der Waals surface area (Å²) in [4.78, 5) is 11.4. The summed E-state index contributed by atoms with van der Waals surface area (Å²) >= 11 is 0. The van der Waals surface area contributed by atoms with Crippen molar-refractivity contribution in [2.75, 3.05) is 0 Å². The van der Waals surface area contributed by atoms with Crippen LogP contribution in [0.5, 0.6) is 0 Å². The van der Waals surface area contributed by atoms with Gasteiger partial charge in [0.1, 0.15) is 0 Å². The van der Waals surface area contributed by atoms with E-state index < -0.39 is 0 Å². The van der Waals surface area contributed by atoms with Crippen molar-refractivity contribution in [1.29, 1.82) is 0 Å². The quantitative estimate of drug-likeness (QED) is 0.845. The molecule has 0 unspecified atom stereocenters. The zero-order valence-corrected chi connectivity index (χ0v) is 11.3. The molecule has 0 spiro atoms. The van der Waals surface area contributed by atoms with E-state index in [1.165, 1.54) is 16.7 Å². The third-order valence-electron chi connectivity index (χ3n) is 3.69. The summed E-state index contributed by atoms with van der Waals surface area (Å²) in [6, 6.07) is 19.1. The lowest BCUT2D eigenvalue weighted by Crippen LogP contribution is -2.27. The van der Waals surface area contributed by atoms with E-state index in [2.05, 4.69) is 48.3 Å². The lowest BCUT2D eigenvalue weighted by molar-refractivity contribution is -0.116. The topological polar surface area (TPSA) is 29.1 Å². The number of benzene rings is 2. The zero-order valence-electron chi connectivity index (χ0n) is 11.3. The third kappa shape index (κ3) is 2.64. The molecule has 1 saturated heterocycles.